The van der Waals surface area contributed by atoms with Gasteiger partial charge >= 0.3 is 11.9 Å². The number of carboxylic acids is 1. The van der Waals surface area contributed by atoms with E-state index in [2.05, 4.69) is 11.3 Å². The molecule has 6 atom stereocenters. The van der Waals surface area contributed by atoms with Gasteiger partial charge in [-0.25, -0.2) is 0 Å². The summed E-state index contributed by atoms with van der Waals surface area (Å²) < 4.78 is 10.00. The predicted octanol–water partition coefficient (Wildman–Crippen LogP) is -1.61. The second kappa shape index (κ2) is 8.94. The fourth-order valence-corrected chi connectivity index (χ4v) is 2.52. The summed E-state index contributed by atoms with van der Waals surface area (Å²) in [6.07, 6.45) is -6.36. The van der Waals surface area contributed by atoms with Crippen LogP contribution < -0.4 is 0 Å². The van der Waals surface area contributed by atoms with E-state index in [1.807, 2.05) is 0 Å². The minimum Gasteiger partial charge on any atom is -0.481 e. The summed E-state index contributed by atoms with van der Waals surface area (Å²) in [5, 5.41) is 47.4. The highest BCUT2D eigenvalue weighted by Gasteiger charge is 2.48. The number of esters is 1. The van der Waals surface area contributed by atoms with Crippen molar-refractivity contribution in [2.24, 2.45) is 5.92 Å². The Labute approximate surface area is 132 Å². The van der Waals surface area contributed by atoms with Gasteiger partial charge < -0.3 is 35.0 Å². The largest absolute Gasteiger partial charge is 0.481 e. The molecular formula is C14H22O9. The molecule has 0 bridgehead atoms. The van der Waals surface area contributed by atoms with Crippen LogP contribution in [-0.4, -0.2) is 74.6 Å². The molecule has 0 aliphatic carbocycles. The minimum atomic E-state index is -1.62. The van der Waals surface area contributed by atoms with E-state index in [0.29, 0.717) is 0 Å². The lowest BCUT2D eigenvalue weighted by Gasteiger charge is -2.42. The third-order valence-corrected chi connectivity index (χ3v) is 3.73. The van der Waals surface area contributed by atoms with Gasteiger partial charge in [0.15, 0.2) is 0 Å². The summed E-state index contributed by atoms with van der Waals surface area (Å²) in [7, 11) is 0. The van der Waals surface area contributed by atoms with E-state index in [0.717, 1.165) is 6.26 Å². The van der Waals surface area contributed by atoms with Crippen molar-refractivity contribution in [3.63, 3.8) is 0 Å². The number of hydrogen-bond donors (Lipinski definition) is 5. The van der Waals surface area contributed by atoms with Crippen LogP contribution in [0.1, 0.15) is 19.3 Å². The van der Waals surface area contributed by atoms with E-state index in [1.54, 1.807) is 0 Å². The first-order valence-corrected chi connectivity index (χ1v) is 7.17. The molecule has 9 nitrogen and oxygen atoms in total. The van der Waals surface area contributed by atoms with Gasteiger partial charge in [0.1, 0.15) is 24.4 Å². The molecule has 1 rings (SSSR count). The van der Waals surface area contributed by atoms with Gasteiger partial charge in [-0.2, -0.15) is 0 Å². The van der Waals surface area contributed by atoms with Gasteiger partial charge in [0, 0.05) is 6.42 Å². The van der Waals surface area contributed by atoms with Crippen molar-refractivity contribution < 1.29 is 44.6 Å². The summed E-state index contributed by atoms with van der Waals surface area (Å²) in [5.41, 5.74) is 0. The average molecular weight is 334 g/mol. The van der Waals surface area contributed by atoms with Crippen LogP contribution in [0, 0.1) is 5.92 Å². The minimum absolute atomic E-state index is 0.0155. The van der Waals surface area contributed by atoms with Gasteiger partial charge in [-0.3, -0.25) is 9.59 Å². The third-order valence-electron chi connectivity index (χ3n) is 3.73. The Kier molecular flexibility index (Phi) is 7.59. The molecule has 9 heteroatoms. The first-order valence-electron chi connectivity index (χ1n) is 7.17. The Morgan fingerprint density at radius 3 is 2.39 bits per heavy atom. The number of aliphatic hydroxyl groups excluding tert-OH is 4. The zero-order valence-electron chi connectivity index (χ0n) is 12.4. The number of ether oxygens (including phenoxy) is 2. The van der Waals surface area contributed by atoms with E-state index >= 15 is 0 Å². The Balaban J connectivity index is 2.91. The maximum absolute atomic E-state index is 12.0. The summed E-state index contributed by atoms with van der Waals surface area (Å²) in [6, 6.07) is 0. The Bertz CT molecular complexity index is 422. The fourth-order valence-electron chi connectivity index (χ4n) is 2.52. The Hall–Kier alpha value is -1.52. The Morgan fingerprint density at radius 2 is 1.87 bits per heavy atom. The highest BCUT2D eigenvalue weighted by Crippen LogP contribution is 2.29. The molecule has 1 saturated heterocycles. The highest BCUT2D eigenvalue weighted by molar-refractivity contribution is 5.74. The lowest BCUT2D eigenvalue weighted by atomic mass is 9.85. The molecule has 2 unspecified atom stereocenters. The zero-order chi connectivity index (χ0) is 17.6. The number of aliphatic carboxylic acids is 1. The number of carboxylic acid groups (broad SMARTS) is 1. The molecule has 0 amide bonds. The van der Waals surface area contributed by atoms with E-state index in [9.17, 15) is 24.9 Å². The molecule has 23 heavy (non-hydrogen) atoms. The molecule has 0 aromatic rings. The maximum Gasteiger partial charge on any atom is 0.316 e. The van der Waals surface area contributed by atoms with Crippen molar-refractivity contribution in [3.05, 3.63) is 12.8 Å². The lowest BCUT2D eigenvalue weighted by Crippen LogP contribution is -2.61. The van der Waals surface area contributed by atoms with Crippen molar-refractivity contribution >= 4 is 11.9 Å². The van der Waals surface area contributed by atoms with Crippen LogP contribution in [0.25, 0.3) is 0 Å². The zero-order valence-corrected chi connectivity index (χ0v) is 12.4. The van der Waals surface area contributed by atoms with Crippen LogP contribution in [0.15, 0.2) is 12.8 Å². The van der Waals surface area contributed by atoms with Gasteiger partial charge in [0.05, 0.1) is 24.9 Å². The van der Waals surface area contributed by atoms with E-state index in [1.165, 1.54) is 0 Å². The number of aliphatic hydroxyl groups is 4. The molecule has 1 aliphatic heterocycles. The molecule has 1 heterocycles. The number of carbonyl (C=O) groups excluding carboxylic acids is 1. The monoisotopic (exact) mass is 334 g/mol. The maximum atomic E-state index is 12.0. The second-order valence-electron chi connectivity index (χ2n) is 5.29. The molecule has 1 aliphatic rings. The lowest BCUT2D eigenvalue weighted by molar-refractivity contribution is -0.242. The van der Waals surface area contributed by atoms with E-state index in [-0.39, 0.29) is 19.3 Å². The van der Waals surface area contributed by atoms with E-state index in [4.69, 9.17) is 14.9 Å². The second-order valence-corrected chi connectivity index (χ2v) is 5.29. The Morgan fingerprint density at radius 1 is 1.22 bits per heavy atom. The number of carbonyl (C=O) groups is 2. The van der Waals surface area contributed by atoms with Crippen molar-refractivity contribution in [3.8, 4) is 0 Å². The van der Waals surface area contributed by atoms with Crippen LogP contribution in [0.4, 0.5) is 0 Å². The fraction of sp³-hybridized carbons (Fsp3) is 0.714. The SMILES string of the molecule is C=COC(=O)C(CCCC(=O)O)C1O[C@H](CO)[C@@H](O)[C@H](O)[C@H]1O. The molecule has 5 N–H and O–H groups in total. The topological polar surface area (TPSA) is 154 Å². The van der Waals surface area contributed by atoms with Crippen LogP contribution >= 0.6 is 0 Å². The normalized spacial score (nSPS) is 32.1. The predicted molar refractivity (Wildman–Crippen MR) is 75.0 cm³/mol. The van der Waals surface area contributed by atoms with Crippen molar-refractivity contribution in [2.45, 2.75) is 49.8 Å². The summed E-state index contributed by atoms with van der Waals surface area (Å²) >= 11 is 0. The molecule has 132 valence electrons. The van der Waals surface area contributed by atoms with Gasteiger partial charge in [0.2, 0.25) is 0 Å². The van der Waals surface area contributed by atoms with Crippen LogP contribution in [0.2, 0.25) is 0 Å². The smallest absolute Gasteiger partial charge is 0.316 e. The van der Waals surface area contributed by atoms with Gasteiger partial charge in [0.25, 0.3) is 0 Å². The first kappa shape index (κ1) is 19.5. The van der Waals surface area contributed by atoms with Crippen molar-refractivity contribution in [1.29, 1.82) is 0 Å². The van der Waals surface area contributed by atoms with Crippen LogP contribution in [-0.2, 0) is 19.1 Å². The number of rotatable bonds is 8. The molecule has 0 aromatic heterocycles. The van der Waals surface area contributed by atoms with Gasteiger partial charge in [-0.1, -0.05) is 6.58 Å². The molecule has 0 aromatic carbocycles. The van der Waals surface area contributed by atoms with Crippen molar-refractivity contribution in [2.75, 3.05) is 6.61 Å². The van der Waals surface area contributed by atoms with Crippen LogP contribution in [0.3, 0.4) is 0 Å². The highest BCUT2D eigenvalue weighted by atomic mass is 16.6. The molecular weight excluding hydrogens is 312 g/mol. The molecule has 0 saturated carbocycles. The third kappa shape index (κ3) is 4.98. The number of hydrogen-bond acceptors (Lipinski definition) is 8. The first-order chi connectivity index (χ1) is 10.8. The quantitative estimate of drug-likeness (QED) is 0.260. The van der Waals surface area contributed by atoms with Gasteiger partial charge in [-0.15, -0.1) is 0 Å². The summed E-state index contributed by atoms with van der Waals surface area (Å²) in [6.45, 7) is 2.62. The summed E-state index contributed by atoms with van der Waals surface area (Å²) in [5.74, 6) is -2.94. The van der Waals surface area contributed by atoms with Crippen LogP contribution in [0.5, 0.6) is 0 Å². The average Bonchev–Trinajstić information content (AvgIpc) is 2.50. The molecule has 1 fully saturated rings. The molecule has 0 radical (unpaired) electrons. The standard InChI is InChI=1S/C14H22O9/c1-2-22-14(21)7(4-3-5-9(16)17)13-12(20)11(19)10(18)8(6-15)23-13/h2,7-8,10-13,15,18-20H,1,3-6H2,(H,16,17)/t7?,8-,10-,11+,12-,13?/m1/s1. The van der Waals surface area contributed by atoms with Gasteiger partial charge in [-0.05, 0) is 12.8 Å². The van der Waals surface area contributed by atoms with E-state index < -0.39 is 55.0 Å². The summed E-state index contributed by atoms with van der Waals surface area (Å²) in [4.78, 5) is 22.6. The molecule has 0 spiro atoms. The van der Waals surface area contributed by atoms with Crippen molar-refractivity contribution in [1.82, 2.24) is 0 Å².